The summed E-state index contributed by atoms with van der Waals surface area (Å²) in [6.07, 6.45) is 4.36. The molecule has 4 heteroatoms. The fourth-order valence-corrected chi connectivity index (χ4v) is 1.66. The van der Waals surface area contributed by atoms with Crippen LogP contribution in [0.4, 0.5) is 5.82 Å². The van der Waals surface area contributed by atoms with E-state index >= 15 is 0 Å². The zero-order valence-corrected chi connectivity index (χ0v) is 7.43. The molecule has 2 rings (SSSR count). The first-order chi connectivity index (χ1) is 6.40. The van der Waals surface area contributed by atoms with Crippen LogP contribution in [-0.2, 0) is 0 Å². The molecule has 0 amide bonds. The van der Waals surface area contributed by atoms with Gasteiger partial charge in [-0.2, -0.15) is 0 Å². The van der Waals surface area contributed by atoms with E-state index in [-0.39, 0.29) is 6.61 Å². The number of aliphatic hydroxyl groups is 1. The molecule has 1 unspecified atom stereocenters. The van der Waals surface area contributed by atoms with Gasteiger partial charge >= 0.3 is 0 Å². The van der Waals surface area contributed by atoms with Gasteiger partial charge in [0.1, 0.15) is 12.1 Å². The van der Waals surface area contributed by atoms with E-state index in [0.717, 1.165) is 25.3 Å². The SMILES string of the molecule is OCC1CCN(c2ccncn2)C1. The highest BCUT2D eigenvalue weighted by atomic mass is 16.3. The maximum atomic E-state index is 8.97. The highest BCUT2D eigenvalue weighted by molar-refractivity contribution is 5.37. The molecular formula is C9H13N3O. The summed E-state index contributed by atoms with van der Waals surface area (Å²) < 4.78 is 0. The van der Waals surface area contributed by atoms with Crippen LogP contribution in [-0.4, -0.2) is 34.8 Å². The van der Waals surface area contributed by atoms with Gasteiger partial charge in [-0.05, 0) is 12.5 Å². The van der Waals surface area contributed by atoms with Crippen LogP contribution >= 0.6 is 0 Å². The highest BCUT2D eigenvalue weighted by Crippen LogP contribution is 2.20. The summed E-state index contributed by atoms with van der Waals surface area (Å²) in [7, 11) is 0. The second-order valence-electron chi connectivity index (χ2n) is 3.35. The lowest BCUT2D eigenvalue weighted by molar-refractivity contribution is 0.238. The van der Waals surface area contributed by atoms with Gasteiger partial charge in [0, 0.05) is 31.8 Å². The molecule has 1 N–H and O–H groups in total. The molecule has 1 fully saturated rings. The normalized spacial score (nSPS) is 22.2. The molecule has 70 valence electrons. The van der Waals surface area contributed by atoms with E-state index in [1.165, 1.54) is 0 Å². The Labute approximate surface area is 77.2 Å². The third kappa shape index (κ3) is 1.78. The Kier molecular flexibility index (Phi) is 2.40. The van der Waals surface area contributed by atoms with Crippen molar-refractivity contribution in [3.8, 4) is 0 Å². The molecule has 0 aliphatic carbocycles. The van der Waals surface area contributed by atoms with Crippen LogP contribution < -0.4 is 4.90 Å². The molecule has 0 spiro atoms. The Bertz CT molecular complexity index is 265. The van der Waals surface area contributed by atoms with E-state index in [9.17, 15) is 0 Å². The lowest BCUT2D eigenvalue weighted by Crippen LogP contribution is -2.21. The zero-order valence-electron chi connectivity index (χ0n) is 7.43. The topological polar surface area (TPSA) is 49.2 Å². The van der Waals surface area contributed by atoms with Crippen LogP contribution in [0.2, 0.25) is 0 Å². The Morgan fingerprint density at radius 2 is 2.54 bits per heavy atom. The fraction of sp³-hybridized carbons (Fsp3) is 0.556. The van der Waals surface area contributed by atoms with Gasteiger partial charge in [0.2, 0.25) is 0 Å². The fourth-order valence-electron chi connectivity index (χ4n) is 1.66. The van der Waals surface area contributed by atoms with E-state index in [1.54, 1.807) is 12.5 Å². The maximum absolute atomic E-state index is 8.97. The number of nitrogens with zero attached hydrogens (tertiary/aromatic N) is 3. The molecule has 13 heavy (non-hydrogen) atoms. The van der Waals surface area contributed by atoms with Gasteiger partial charge in [0.15, 0.2) is 0 Å². The summed E-state index contributed by atoms with van der Waals surface area (Å²) in [6, 6.07) is 1.90. The summed E-state index contributed by atoms with van der Waals surface area (Å²) in [5, 5.41) is 8.97. The number of hydrogen-bond acceptors (Lipinski definition) is 4. The number of hydrogen-bond donors (Lipinski definition) is 1. The molecule has 2 heterocycles. The second kappa shape index (κ2) is 3.70. The van der Waals surface area contributed by atoms with Crippen molar-refractivity contribution < 1.29 is 5.11 Å². The van der Waals surface area contributed by atoms with E-state index in [0.29, 0.717) is 5.92 Å². The molecule has 1 atom stereocenters. The Balaban J connectivity index is 2.04. The van der Waals surface area contributed by atoms with Crippen molar-refractivity contribution in [2.75, 3.05) is 24.6 Å². The summed E-state index contributed by atoms with van der Waals surface area (Å²) in [4.78, 5) is 10.2. The van der Waals surface area contributed by atoms with Crippen molar-refractivity contribution >= 4 is 5.82 Å². The van der Waals surface area contributed by atoms with E-state index < -0.39 is 0 Å². The molecule has 1 saturated heterocycles. The first-order valence-electron chi connectivity index (χ1n) is 4.52. The number of aromatic nitrogens is 2. The summed E-state index contributed by atoms with van der Waals surface area (Å²) in [5.74, 6) is 1.38. The third-order valence-electron chi connectivity index (χ3n) is 2.43. The minimum Gasteiger partial charge on any atom is -0.396 e. The first kappa shape index (κ1) is 8.44. The van der Waals surface area contributed by atoms with Crippen LogP contribution in [0.25, 0.3) is 0 Å². The first-order valence-corrected chi connectivity index (χ1v) is 4.52. The molecule has 1 aliphatic rings. The Morgan fingerprint density at radius 1 is 1.62 bits per heavy atom. The van der Waals surface area contributed by atoms with Crippen LogP contribution in [0.15, 0.2) is 18.6 Å². The molecule has 1 aliphatic heterocycles. The summed E-state index contributed by atoms with van der Waals surface area (Å²) in [6.45, 7) is 2.18. The van der Waals surface area contributed by atoms with Crippen molar-refractivity contribution in [3.63, 3.8) is 0 Å². The summed E-state index contributed by atoms with van der Waals surface area (Å²) >= 11 is 0. The van der Waals surface area contributed by atoms with E-state index in [4.69, 9.17) is 5.11 Å². The smallest absolute Gasteiger partial charge is 0.131 e. The van der Waals surface area contributed by atoms with E-state index in [2.05, 4.69) is 14.9 Å². The number of rotatable bonds is 2. The zero-order chi connectivity index (χ0) is 9.10. The van der Waals surface area contributed by atoms with E-state index in [1.807, 2.05) is 6.07 Å². The van der Waals surface area contributed by atoms with Crippen LogP contribution in [0.5, 0.6) is 0 Å². The van der Waals surface area contributed by atoms with Crippen molar-refractivity contribution in [1.29, 1.82) is 0 Å². The summed E-state index contributed by atoms with van der Waals surface area (Å²) in [5.41, 5.74) is 0. The number of aliphatic hydroxyl groups excluding tert-OH is 1. The van der Waals surface area contributed by atoms with Gasteiger partial charge in [-0.3, -0.25) is 0 Å². The van der Waals surface area contributed by atoms with Crippen LogP contribution in [0.1, 0.15) is 6.42 Å². The molecular weight excluding hydrogens is 166 g/mol. The Morgan fingerprint density at radius 3 is 3.15 bits per heavy atom. The molecule has 0 saturated carbocycles. The van der Waals surface area contributed by atoms with Crippen molar-refractivity contribution in [3.05, 3.63) is 18.6 Å². The van der Waals surface area contributed by atoms with Gasteiger partial charge in [0.25, 0.3) is 0 Å². The molecule has 0 bridgehead atoms. The largest absolute Gasteiger partial charge is 0.396 e. The lowest BCUT2D eigenvalue weighted by Gasteiger charge is -2.16. The Hall–Kier alpha value is -1.16. The van der Waals surface area contributed by atoms with Crippen LogP contribution in [0, 0.1) is 5.92 Å². The monoisotopic (exact) mass is 179 g/mol. The lowest BCUT2D eigenvalue weighted by atomic mass is 10.1. The van der Waals surface area contributed by atoms with Crippen molar-refractivity contribution in [2.45, 2.75) is 6.42 Å². The standard InChI is InChI=1S/C9H13N3O/c13-6-8-2-4-12(5-8)9-1-3-10-7-11-9/h1,3,7-8,13H,2,4-6H2. The molecule has 0 radical (unpaired) electrons. The number of anilines is 1. The average Bonchev–Trinajstić information content (AvgIpc) is 2.67. The third-order valence-corrected chi connectivity index (χ3v) is 2.43. The van der Waals surface area contributed by atoms with Gasteiger partial charge in [-0.1, -0.05) is 0 Å². The van der Waals surface area contributed by atoms with Gasteiger partial charge in [0.05, 0.1) is 0 Å². The minimum atomic E-state index is 0.279. The molecule has 4 nitrogen and oxygen atoms in total. The van der Waals surface area contributed by atoms with Crippen molar-refractivity contribution in [1.82, 2.24) is 9.97 Å². The highest BCUT2D eigenvalue weighted by Gasteiger charge is 2.22. The van der Waals surface area contributed by atoms with Crippen LogP contribution in [0.3, 0.4) is 0 Å². The van der Waals surface area contributed by atoms with Crippen molar-refractivity contribution in [2.24, 2.45) is 5.92 Å². The minimum absolute atomic E-state index is 0.279. The molecule has 1 aromatic rings. The molecule has 1 aromatic heterocycles. The predicted molar refractivity (Wildman–Crippen MR) is 49.4 cm³/mol. The van der Waals surface area contributed by atoms with Gasteiger partial charge in [-0.15, -0.1) is 0 Å². The van der Waals surface area contributed by atoms with Gasteiger partial charge < -0.3 is 10.0 Å². The maximum Gasteiger partial charge on any atom is 0.131 e. The quantitative estimate of drug-likeness (QED) is 0.709. The van der Waals surface area contributed by atoms with Gasteiger partial charge in [-0.25, -0.2) is 9.97 Å². The predicted octanol–water partition coefficient (Wildman–Crippen LogP) is 0.295. The molecule has 0 aromatic carbocycles. The second-order valence-corrected chi connectivity index (χ2v) is 3.35. The average molecular weight is 179 g/mol.